The van der Waals surface area contributed by atoms with Crippen LogP contribution in [0.15, 0.2) is 97.1 Å². The van der Waals surface area contributed by atoms with E-state index in [0.717, 1.165) is 44.5 Å². The van der Waals surface area contributed by atoms with E-state index in [-0.39, 0.29) is 38.1 Å². The molecular weight excluding hydrogens is 732 g/mol. The molecule has 0 aliphatic heterocycles. The lowest BCUT2D eigenvalue weighted by Crippen LogP contribution is -2.49. The Hall–Kier alpha value is -6.41. The van der Waals surface area contributed by atoms with Crippen LogP contribution in [0.25, 0.3) is 22.3 Å². The van der Waals surface area contributed by atoms with Crippen molar-refractivity contribution in [3.05, 3.63) is 119 Å². The van der Waals surface area contributed by atoms with Crippen LogP contribution in [0.2, 0.25) is 0 Å². The first kappa shape index (κ1) is 41.7. The van der Waals surface area contributed by atoms with Crippen LogP contribution in [-0.2, 0) is 33.3 Å². The van der Waals surface area contributed by atoms with Crippen molar-refractivity contribution in [1.82, 2.24) is 16.0 Å². The van der Waals surface area contributed by atoms with E-state index in [1.54, 1.807) is 20.8 Å². The zero-order valence-corrected chi connectivity index (χ0v) is 32.5. The van der Waals surface area contributed by atoms with Gasteiger partial charge >= 0.3 is 30.2 Å². The summed E-state index contributed by atoms with van der Waals surface area (Å²) in [6.45, 7) is 5.19. The van der Waals surface area contributed by atoms with E-state index in [1.165, 1.54) is 14.2 Å². The number of alkyl carbamates (subject to hydrolysis) is 3. The highest BCUT2D eigenvalue weighted by atomic mass is 16.6. The van der Waals surface area contributed by atoms with E-state index in [4.69, 9.17) is 24.7 Å². The molecule has 0 aromatic heterocycles. The minimum absolute atomic E-state index is 0.0346. The van der Waals surface area contributed by atoms with Crippen LogP contribution >= 0.6 is 0 Å². The topological polar surface area (TPSA) is 194 Å². The number of amides is 3. The zero-order valence-electron chi connectivity index (χ0n) is 32.5. The molecule has 5 N–H and O–H groups in total. The van der Waals surface area contributed by atoms with E-state index >= 15 is 0 Å². The van der Waals surface area contributed by atoms with Crippen LogP contribution in [0.5, 0.6) is 0 Å². The maximum absolute atomic E-state index is 12.4. The minimum atomic E-state index is -1.12. The van der Waals surface area contributed by atoms with E-state index in [2.05, 4.69) is 32.8 Å². The van der Waals surface area contributed by atoms with Gasteiger partial charge in [-0.25, -0.2) is 24.0 Å². The number of esters is 2. The Kier molecular flexibility index (Phi) is 13.9. The maximum Gasteiger partial charge on any atom is 0.407 e. The second-order valence-corrected chi connectivity index (χ2v) is 14.2. The minimum Gasteiger partial charge on any atom is -0.467 e. The normalized spacial score (nSPS) is 13.4. The molecule has 14 heteroatoms. The monoisotopic (exact) mass is 780 g/mol. The number of carbonyl (C=O) groups is 5. The Morgan fingerprint density at radius 2 is 0.930 bits per heavy atom. The molecule has 2 atom stereocenters. The molecule has 14 nitrogen and oxygen atoms in total. The molecule has 6 rings (SSSR count). The largest absolute Gasteiger partial charge is 0.467 e. The Bertz CT molecular complexity index is 1990. The molecule has 0 bridgehead atoms. The summed E-state index contributed by atoms with van der Waals surface area (Å²) in [7, 11) is 2.44. The van der Waals surface area contributed by atoms with Crippen molar-refractivity contribution in [2.24, 2.45) is 5.73 Å². The van der Waals surface area contributed by atoms with Gasteiger partial charge in [-0.3, -0.25) is 0 Å². The Morgan fingerprint density at radius 3 is 1.28 bits per heavy atom. The predicted octanol–water partition coefficient (Wildman–Crippen LogP) is 5.62. The summed E-state index contributed by atoms with van der Waals surface area (Å²) < 4.78 is 25.2. The highest BCUT2D eigenvalue weighted by molar-refractivity contribution is 5.84. The molecule has 0 fully saturated rings. The van der Waals surface area contributed by atoms with Crippen LogP contribution in [0.4, 0.5) is 14.4 Å². The predicted molar refractivity (Wildman–Crippen MR) is 211 cm³/mol. The first-order chi connectivity index (χ1) is 27.3. The van der Waals surface area contributed by atoms with Gasteiger partial charge in [0.2, 0.25) is 0 Å². The molecule has 300 valence electrons. The molecule has 0 radical (unpaired) electrons. The third-order valence-corrected chi connectivity index (χ3v) is 9.33. The van der Waals surface area contributed by atoms with E-state index < -0.39 is 47.9 Å². The highest BCUT2D eigenvalue weighted by Crippen LogP contribution is 2.45. The van der Waals surface area contributed by atoms with Gasteiger partial charge in [-0.1, -0.05) is 97.1 Å². The SMILES string of the molecule is COC(=O)[C@H](CN)NC(=O)OCC1c2ccccc2-c2ccccc21.COC(=O)[C@H](CNC(=O)OC(C)(C)C)NC(=O)OCC1c2ccccc2-c2ccccc21. The van der Waals surface area contributed by atoms with Crippen LogP contribution in [0, 0.1) is 0 Å². The van der Waals surface area contributed by atoms with Gasteiger partial charge in [0.05, 0.1) is 20.8 Å². The molecular formula is C43H48N4O10. The van der Waals surface area contributed by atoms with Gasteiger partial charge in [-0.2, -0.15) is 0 Å². The van der Waals surface area contributed by atoms with E-state index in [9.17, 15) is 24.0 Å². The highest BCUT2D eigenvalue weighted by Gasteiger charge is 2.32. The molecule has 0 saturated carbocycles. The van der Waals surface area contributed by atoms with E-state index in [1.807, 2.05) is 84.9 Å². The maximum atomic E-state index is 12.4. The average Bonchev–Trinajstić information content (AvgIpc) is 3.71. The quantitative estimate of drug-likeness (QED) is 0.109. The Morgan fingerprint density at radius 1 is 0.579 bits per heavy atom. The second kappa shape index (κ2) is 19.0. The number of nitrogens with one attached hydrogen (secondary N) is 3. The van der Waals surface area contributed by atoms with Crippen molar-refractivity contribution < 1.29 is 47.7 Å². The number of ether oxygens (including phenoxy) is 5. The van der Waals surface area contributed by atoms with Crippen molar-refractivity contribution >= 4 is 30.2 Å². The van der Waals surface area contributed by atoms with Crippen LogP contribution in [0.3, 0.4) is 0 Å². The van der Waals surface area contributed by atoms with Gasteiger partial charge in [0.15, 0.2) is 0 Å². The zero-order chi connectivity index (χ0) is 41.1. The molecule has 0 saturated heterocycles. The summed E-state index contributed by atoms with van der Waals surface area (Å²) in [4.78, 5) is 59.9. The summed E-state index contributed by atoms with van der Waals surface area (Å²) in [6.07, 6.45) is -2.18. The average molecular weight is 781 g/mol. The molecule has 0 spiro atoms. The molecule has 0 unspecified atom stereocenters. The van der Waals surface area contributed by atoms with Gasteiger partial charge in [0, 0.05) is 18.4 Å². The number of nitrogens with two attached hydrogens (primary N) is 1. The lowest BCUT2D eigenvalue weighted by molar-refractivity contribution is -0.143. The summed E-state index contributed by atoms with van der Waals surface area (Å²) in [5.74, 6) is -1.46. The summed E-state index contributed by atoms with van der Waals surface area (Å²) >= 11 is 0. The van der Waals surface area contributed by atoms with Gasteiger partial charge < -0.3 is 45.4 Å². The van der Waals surface area contributed by atoms with Gasteiger partial charge in [-0.05, 0) is 65.3 Å². The van der Waals surface area contributed by atoms with Gasteiger partial charge in [0.1, 0.15) is 30.9 Å². The summed E-state index contributed by atoms with van der Waals surface area (Å²) in [6, 6.07) is 30.1. The number of carbonyl (C=O) groups excluding carboxylic acids is 5. The molecule has 2 aliphatic rings. The van der Waals surface area contributed by atoms with Crippen LogP contribution in [-0.4, -0.2) is 88.4 Å². The molecule has 2 aliphatic carbocycles. The number of methoxy groups -OCH3 is 2. The first-order valence-electron chi connectivity index (χ1n) is 18.4. The number of hydrogen-bond donors (Lipinski definition) is 4. The van der Waals surface area contributed by atoms with Gasteiger partial charge in [-0.15, -0.1) is 0 Å². The smallest absolute Gasteiger partial charge is 0.407 e. The lowest BCUT2D eigenvalue weighted by Gasteiger charge is -2.22. The van der Waals surface area contributed by atoms with Crippen LogP contribution < -0.4 is 21.7 Å². The fraction of sp³-hybridized carbons (Fsp3) is 0.326. The summed E-state index contributed by atoms with van der Waals surface area (Å²) in [5.41, 5.74) is 13.7. The van der Waals surface area contributed by atoms with Crippen LogP contribution in [0.1, 0.15) is 54.9 Å². The number of fused-ring (bicyclic) bond motifs is 6. The fourth-order valence-electron chi connectivity index (χ4n) is 6.76. The lowest BCUT2D eigenvalue weighted by atomic mass is 9.98. The van der Waals surface area contributed by atoms with Crippen molar-refractivity contribution in [3.8, 4) is 22.3 Å². The second-order valence-electron chi connectivity index (χ2n) is 14.2. The summed E-state index contributed by atoms with van der Waals surface area (Å²) in [5, 5.41) is 7.33. The number of benzene rings is 4. The molecule has 4 aromatic rings. The molecule has 57 heavy (non-hydrogen) atoms. The van der Waals surface area contributed by atoms with Gasteiger partial charge in [0.25, 0.3) is 0 Å². The Labute approximate surface area is 331 Å². The molecule has 4 aromatic carbocycles. The van der Waals surface area contributed by atoms with Crippen molar-refractivity contribution in [2.45, 2.75) is 50.3 Å². The Balaban J connectivity index is 0.000000224. The first-order valence-corrected chi connectivity index (χ1v) is 18.4. The van der Waals surface area contributed by atoms with Crippen molar-refractivity contribution in [2.75, 3.05) is 40.5 Å². The third-order valence-electron chi connectivity index (χ3n) is 9.33. The number of hydrogen-bond acceptors (Lipinski definition) is 11. The third kappa shape index (κ3) is 10.5. The fourth-order valence-corrected chi connectivity index (χ4v) is 6.76. The number of rotatable bonds is 11. The van der Waals surface area contributed by atoms with Crippen molar-refractivity contribution in [1.29, 1.82) is 0 Å². The van der Waals surface area contributed by atoms with Crippen molar-refractivity contribution in [3.63, 3.8) is 0 Å². The van der Waals surface area contributed by atoms with E-state index in [0.29, 0.717) is 0 Å². The molecule has 3 amide bonds. The molecule has 0 heterocycles. The standard InChI is InChI=1S/C24H28N2O6.C19H20N2O4/c1-24(2,3)32-22(28)25-13-20(21(27)30-4)26-23(29)31-14-19-17-11-7-5-9-15(17)16-10-6-8-12-18(16)19;1-24-18(22)17(10-20)21-19(23)25-11-16-14-8-4-2-6-12(14)13-7-3-5-9-15(13)16/h5-12,19-20H,13-14H2,1-4H3,(H,25,28)(H,26,29);2-9,16-17H,10-11,20H2,1H3,(H,21,23)/t20-;17-/m00/s1.